The molecular weight excluding hydrogens is 313 g/mol. The van der Waals surface area contributed by atoms with Gasteiger partial charge in [-0.05, 0) is 29.7 Å². The van der Waals surface area contributed by atoms with Crippen molar-refractivity contribution in [3.8, 4) is 0 Å². The second-order valence-corrected chi connectivity index (χ2v) is 6.45. The Morgan fingerprint density at radius 3 is 2.35 bits per heavy atom. The number of hydrazine groups is 1. The van der Waals surface area contributed by atoms with Crippen LogP contribution in [0.25, 0.3) is 0 Å². The highest BCUT2D eigenvalue weighted by atomic mass is 35.5. The van der Waals surface area contributed by atoms with Crippen LogP contribution < -0.4 is 11.3 Å². The van der Waals surface area contributed by atoms with E-state index >= 15 is 0 Å². The fourth-order valence-electron chi connectivity index (χ4n) is 1.65. The van der Waals surface area contributed by atoms with E-state index in [2.05, 4.69) is 48.5 Å². The van der Waals surface area contributed by atoms with Crippen LogP contribution in [0.2, 0.25) is 10.0 Å². The molecule has 6 heteroatoms. The van der Waals surface area contributed by atoms with Gasteiger partial charge in [0.2, 0.25) is 0 Å². The van der Waals surface area contributed by atoms with Crippen LogP contribution in [0.5, 0.6) is 0 Å². The van der Waals surface area contributed by atoms with Crippen LogP contribution in [0.15, 0.2) is 40.3 Å². The van der Waals surface area contributed by atoms with E-state index in [9.17, 15) is 0 Å². The number of aromatic nitrogens is 1. The quantitative estimate of drug-likeness (QED) is 0.616. The number of halogens is 2. The van der Waals surface area contributed by atoms with E-state index in [-0.39, 0.29) is 0 Å². The highest BCUT2D eigenvalue weighted by Gasteiger charge is 2.10. The maximum atomic E-state index is 6.15. The number of pyridine rings is 1. The van der Waals surface area contributed by atoms with Crippen LogP contribution in [0, 0.1) is 0 Å². The fourth-order valence-corrected chi connectivity index (χ4v) is 2.97. The highest BCUT2D eigenvalue weighted by Crippen LogP contribution is 2.35. The minimum Gasteiger partial charge on any atom is -0.307 e. The van der Waals surface area contributed by atoms with E-state index in [0.29, 0.717) is 26.8 Å². The van der Waals surface area contributed by atoms with Crippen molar-refractivity contribution in [2.75, 3.05) is 5.43 Å². The maximum Gasteiger partial charge on any atom is 0.160 e. The molecule has 0 aliphatic rings. The first-order chi connectivity index (χ1) is 9.51. The summed E-state index contributed by atoms with van der Waals surface area (Å²) in [5.74, 6) is 6.29. The van der Waals surface area contributed by atoms with E-state index in [1.165, 1.54) is 17.3 Å². The number of rotatable bonds is 4. The van der Waals surface area contributed by atoms with Crippen LogP contribution in [-0.4, -0.2) is 4.98 Å². The van der Waals surface area contributed by atoms with Crippen molar-refractivity contribution in [2.45, 2.75) is 29.7 Å². The van der Waals surface area contributed by atoms with E-state index < -0.39 is 0 Å². The number of hydrogen-bond donors (Lipinski definition) is 2. The van der Waals surface area contributed by atoms with Crippen molar-refractivity contribution in [3.63, 3.8) is 0 Å². The van der Waals surface area contributed by atoms with Crippen molar-refractivity contribution >= 4 is 40.8 Å². The van der Waals surface area contributed by atoms with E-state index in [0.717, 1.165) is 4.90 Å². The maximum absolute atomic E-state index is 6.15. The zero-order chi connectivity index (χ0) is 14.7. The molecule has 106 valence electrons. The van der Waals surface area contributed by atoms with Crippen LogP contribution in [-0.2, 0) is 0 Å². The van der Waals surface area contributed by atoms with Crippen molar-refractivity contribution < 1.29 is 0 Å². The molecule has 0 fully saturated rings. The fraction of sp³-hybridized carbons (Fsp3) is 0.214. The number of nitrogens with one attached hydrogen (secondary N) is 1. The van der Waals surface area contributed by atoms with Gasteiger partial charge in [-0.25, -0.2) is 10.8 Å². The van der Waals surface area contributed by atoms with Gasteiger partial charge in [0.05, 0.1) is 10.0 Å². The monoisotopic (exact) mass is 327 g/mol. The molecule has 0 saturated heterocycles. The summed E-state index contributed by atoms with van der Waals surface area (Å²) in [5.41, 5.74) is 3.76. The van der Waals surface area contributed by atoms with Crippen LogP contribution in [0.1, 0.15) is 25.3 Å². The molecule has 0 bridgehead atoms. The first-order valence-electron chi connectivity index (χ1n) is 6.11. The third-order valence-corrected chi connectivity index (χ3v) is 4.50. The van der Waals surface area contributed by atoms with Gasteiger partial charge in [-0.15, -0.1) is 0 Å². The molecule has 1 aromatic heterocycles. The summed E-state index contributed by atoms with van der Waals surface area (Å²) in [7, 11) is 0. The largest absolute Gasteiger partial charge is 0.307 e. The molecule has 0 amide bonds. The number of nitrogens with two attached hydrogens (primary N) is 1. The molecule has 1 heterocycles. The van der Waals surface area contributed by atoms with Crippen molar-refractivity contribution in [1.82, 2.24) is 4.98 Å². The van der Waals surface area contributed by atoms with Crippen molar-refractivity contribution in [2.24, 2.45) is 5.84 Å². The van der Waals surface area contributed by atoms with E-state index in [1.807, 2.05) is 0 Å². The summed E-state index contributed by atoms with van der Waals surface area (Å²) in [6.45, 7) is 4.33. The average Bonchev–Trinajstić information content (AvgIpc) is 2.42. The lowest BCUT2D eigenvalue weighted by Crippen LogP contribution is -2.09. The van der Waals surface area contributed by atoms with Gasteiger partial charge in [0.25, 0.3) is 0 Å². The zero-order valence-corrected chi connectivity index (χ0v) is 13.5. The normalized spacial score (nSPS) is 10.9. The summed E-state index contributed by atoms with van der Waals surface area (Å²) < 4.78 is 0. The van der Waals surface area contributed by atoms with Crippen LogP contribution in [0.4, 0.5) is 5.82 Å². The van der Waals surface area contributed by atoms with E-state index in [4.69, 9.17) is 29.0 Å². The predicted octanol–water partition coefficient (Wildman–Crippen LogP) is 4.95. The average molecular weight is 328 g/mol. The summed E-state index contributed by atoms with van der Waals surface area (Å²) in [6, 6.07) is 9.97. The smallest absolute Gasteiger partial charge is 0.160 e. The third kappa shape index (κ3) is 3.58. The number of anilines is 1. The minimum absolute atomic E-state index is 0.400. The molecule has 2 rings (SSSR count). The van der Waals surface area contributed by atoms with E-state index in [1.54, 1.807) is 6.07 Å². The van der Waals surface area contributed by atoms with Gasteiger partial charge in [-0.2, -0.15) is 0 Å². The summed E-state index contributed by atoms with van der Waals surface area (Å²) in [4.78, 5) is 5.37. The SMILES string of the molecule is CC(C)c1ccc(Sc2nc(NN)c(Cl)cc2Cl)cc1. The molecule has 0 aliphatic heterocycles. The van der Waals surface area contributed by atoms with Crippen LogP contribution >= 0.6 is 35.0 Å². The predicted molar refractivity (Wildman–Crippen MR) is 86.7 cm³/mol. The summed E-state index contributed by atoms with van der Waals surface area (Å²) in [5, 5.41) is 1.57. The lowest BCUT2D eigenvalue weighted by Gasteiger charge is -2.09. The molecule has 0 radical (unpaired) electrons. The lowest BCUT2D eigenvalue weighted by atomic mass is 10.0. The zero-order valence-electron chi connectivity index (χ0n) is 11.2. The second kappa shape index (κ2) is 6.68. The van der Waals surface area contributed by atoms with Gasteiger partial charge in [0.1, 0.15) is 5.03 Å². The molecule has 2 aromatic rings. The van der Waals surface area contributed by atoms with Crippen LogP contribution in [0.3, 0.4) is 0 Å². The first-order valence-corrected chi connectivity index (χ1v) is 7.69. The molecule has 3 nitrogen and oxygen atoms in total. The molecule has 0 spiro atoms. The third-order valence-electron chi connectivity index (χ3n) is 2.80. The Morgan fingerprint density at radius 2 is 1.80 bits per heavy atom. The Balaban J connectivity index is 2.25. The molecule has 0 saturated carbocycles. The van der Waals surface area contributed by atoms with Crippen molar-refractivity contribution in [3.05, 3.63) is 45.9 Å². The van der Waals surface area contributed by atoms with Gasteiger partial charge in [0, 0.05) is 4.90 Å². The van der Waals surface area contributed by atoms with Crippen molar-refractivity contribution in [1.29, 1.82) is 0 Å². The number of nitrogen functional groups attached to an aromatic ring is 1. The molecule has 1 aromatic carbocycles. The highest BCUT2D eigenvalue weighted by molar-refractivity contribution is 7.99. The molecule has 20 heavy (non-hydrogen) atoms. The molecule has 0 unspecified atom stereocenters. The van der Waals surface area contributed by atoms with Gasteiger partial charge < -0.3 is 5.43 Å². The molecule has 3 N–H and O–H groups in total. The molecule has 0 atom stereocenters. The Hall–Kier alpha value is -0.940. The Morgan fingerprint density at radius 1 is 1.15 bits per heavy atom. The summed E-state index contributed by atoms with van der Waals surface area (Å²) in [6.07, 6.45) is 0. The Kier molecular flexibility index (Phi) is 5.16. The standard InChI is InChI=1S/C14H15Cl2N3S/c1-8(2)9-3-5-10(6-4-9)20-14-12(16)7-11(15)13(18-14)19-17/h3-8H,17H2,1-2H3,(H,18,19). The van der Waals surface area contributed by atoms with Gasteiger partial charge >= 0.3 is 0 Å². The van der Waals surface area contributed by atoms with Gasteiger partial charge in [-0.1, -0.05) is 60.9 Å². The number of hydrogen-bond acceptors (Lipinski definition) is 4. The first kappa shape index (κ1) is 15.4. The number of benzene rings is 1. The molecule has 0 aliphatic carbocycles. The summed E-state index contributed by atoms with van der Waals surface area (Å²) >= 11 is 13.6. The Bertz CT molecular complexity index is 600. The van der Waals surface area contributed by atoms with Gasteiger partial charge in [-0.3, -0.25) is 0 Å². The second-order valence-electron chi connectivity index (χ2n) is 4.58. The topological polar surface area (TPSA) is 50.9 Å². The number of nitrogens with zero attached hydrogens (tertiary/aromatic N) is 1. The molecular formula is C14H15Cl2N3S. The Labute approximate surface area is 132 Å². The lowest BCUT2D eigenvalue weighted by molar-refractivity contribution is 0.865. The van der Waals surface area contributed by atoms with Gasteiger partial charge in [0.15, 0.2) is 5.82 Å². The minimum atomic E-state index is 0.400.